The van der Waals surface area contributed by atoms with Crippen LogP contribution in [0.5, 0.6) is 5.88 Å². The molecule has 8 heteroatoms. The molecule has 1 aromatic heterocycles. The summed E-state index contributed by atoms with van der Waals surface area (Å²) in [4.78, 5) is 20.3. The molecule has 1 N–H and O–H groups in total. The largest absolute Gasteiger partial charge is 0.472 e. The number of aryl methyl sites for hydroxylation is 1. The molecule has 0 radical (unpaired) electrons. The lowest BCUT2D eigenvalue weighted by molar-refractivity contribution is -0.137. The zero-order valence-corrected chi connectivity index (χ0v) is 15.5. The van der Waals surface area contributed by atoms with Crippen LogP contribution < -0.4 is 10.1 Å². The Morgan fingerprint density at radius 3 is 2.45 bits per heavy atom. The molecule has 0 saturated heterocycles. The molecular formula is C21H18F3N3O2. The zero-order chi connectivity index (χ0) is 20.9. The zero-order valence-electron chi connectivity index (χ0n) is 15.5. The maximum absolute atomic E-state index is 12.7. The van der Waals surface area contributed by atoms with Crippen LogP contribution in [0.25, 0.3) is 0 Å². The summed E-state index contributed by atoms with van der Waals surface area (Å²) in [7, 11) is 0. The highest BCUT2D eigenvalue weighted by molar-refractivity contribution is 5.91. The van der Waals surface area contributed by atoms with E-state index in [0.717, 1.165) is 17.7 Å². The van der Waals surface area contributed by atoms with Crippen molar-refractivity contribution in [1.29, 1.82) is 0 Å². The van der Waals surface area contributed by atoms with Crippen LogP contribution in [-0.4, -0.2) is 15.9 Å². The van der Waals surface area contributed by atoms with Crippen molar-refractivity contribution in [3.05, 3.63) is 88.9 Å². The number of hydrogen-bond acceptors (Lipinski definition) is 4. The molecule has 0 saturated carbocycles. The van der Waals surface area contributed by atoms with Gasteiger partial charge in [0.15, 0.2) is 0 Å². The van der Waals surface area contributed by atoms with Crippen molar-refractivity contribution in [1.82, 2.24) is 15.3 Å². The van der Waals surface area contributed by atoms with Gasteiger partial charge in [-0.2, -0.15) is 13.2 Å². The van der Waals surface area contributed by atoms with E-state index in [1.165, 1.54) is 18.5 Å². The van der Waals surface area contributed by atoms with E-state index in [9.17, 15) is 18.0 Å². The molecule has 150 valence electrons. The van der Waals surface area contributed by atoms with Gasteiger partial charge in [0.25, 0.3) is 5.91 Å². The minimum absolute atomic E-state index is 0.0801. The van der Waals surface area contributed by atoms with Gasteiger partial charge in [0.1, 0.15) is 12.3 Å². The Hall–Kier alpha value is -3.42. The number of rotatable bonds is 6. The van der Waals surface area contributed by atoms with Gasteiger partial charge in [-0.1, -0.05) is 36.4 Å². The summed E-state index contributed by atoms with van der Waals surface area (Å²) in [5.74, 6) is -0.199. The van der Waals surface area contributed by atoms with Gasteiger partial charge in [0.05, 0.1) is 18.0 Å². The highest BCUT2D eigenvalue weighted by Gasteiger charge is 2.30. The molecule has 0 aliphatic heterocycles. The van der Waals surface area contributed by atoms with Crippen LogP contribution in [0, 0.1) is 6.92 Å². The van der Waals surface area contributed by atoms with Crippen molar-refractivity contribution in [3.63, 3.8) is 0 Å². The Morgan fingerprint density at radius 1 is 1.07 bits per heavy atom. The Morgan fingerprint density at radius 2 is 1.83 bits per heavy atom. The van der Waals surface area contributed by atoms with E-state index in [-0.39, 0.29) is 18.1 Å². The van der Waals surface area contributed by atoms with Crippen LogP contribution in [0.1, 0.15) is 32.7 Å². The number of ether oxygens (including phenoxy) is 1. The molecule has 29 heavy (non-hydrogen) atoms. The second-order valence-corrected chi connectivity index (χ2v) is 6.34. The lowest BCUT2D eigenvalue weighted by Crippen LogP contribution is -2.24. The third-order valence-electron chi connectivity index (χ3n) is 4.20. The summed E-state index contributed by atoms with van der Waals surface area (Å²) in [6.07, 6.45) is -1.76. The highest BCUT2D eigenvalue weighted by atomic mass is 19.4. The topological polar surface area (TPSA) is 64.1 Å². The SMILES string of the molecule is Cc1cc(C(F)(F)F)ccc1CNC(=O)c1cnc(OCc2ccccc2)cn1. The Labute approximate surface area is 165 Å². The number of hydrogen-bond donors (Lipinski definition) is 1. The minimum atomic E-state index is -4.40. The predicted octanol–water partition coefficient (Wildman–Crippen LogP) is 4.31. The van der Waals surface area contributed by atoms with Gasteiger partial charge in [-0.3, -0.25) is 4.79 Å². The van der Waals surface area contributed by atoms with Gasteiger partial charge in [0, 0.05) is 6.54 Å². The Kier molecular flexibility index (Phi) is 6.11. The second-order valence-electron chi connectivity index (χ2n) is 6.34. The summed E-state index contributed by atoms with van der Waals surface area (Å²) in [6, 6.07) is 12.9. The first-order valence-corrected chi connectivity index (χ1v) is 8.76. The molecule has 0 aliphatic rings. The molecule has 5 nitrogen and oxygen atoms in total. The van der Waals surface area contributed by atoms with Crippen molar-refractivity contribution >= 4 is 5.91 Å². The molecule has 0 spiro atoms. The van der Waals surface area contributed by atoms with Gasteiger partial charge < -0.3 is 10.1 Å². The number of carbonyl (C=O) groups excluding carboxylic acids is 1. The summed E-state index contributed by atoms with van der Waals surface area (Å²) < 4.78 is 43.7. The summed E-state index contributed by atoms with van der Waals surface area (Å²) >= 11 is 0. The van der Waals surface area contributed by atoms with Crippen molar-refractivity contribution in [2.24, 2.45) is 0 Å². The van der Waals surface area contributed by atoms with Crippen LogP contribution in [0.15, 0.2) is 60.9 Å². The van der Waals surface area contributed by atoms with E-state index in [4.69, 9.17) is 4.74 Å². The van der Waals surface area contributed by atoms with Crippen LogP contribution in [-0.2, 0) is 19.3 Å². The third kappa shape index (κ3) is 5.54. The third-order valence-corrected chi connectivity index (χ3v) is 4.20. The van der Waals surface area contributed by atoms with Gasteiger partial charge >= 0.3 is 6.18 Å². The second kappa shape index (κ2) is 8.72. The molecule has 1 amide bonds. The molecule has 3 aromatic rings. The first-order valence-electron chi connectivity index (χ1n) is 8.76. The van der Waals surface area contributed by atoms with Gasteiger partial charge in [-0.05, 0) is 35.7 Å². The summed E-state index contributed by atoms with van der Waals surface area (Å²) in [5, 5.41) is 2.63. The van der Waals surface area contributed by atoms with Crippen molar-refractivity contribution in [2.75, 3.05) is 0 Å². The quantitative estimate of drug-likeness (QED) is 0.669. The number of nitrogens with zero attached hydrogens (tertiary/aromatic N) is 2. The normalized spacial score (nSPS) is 11.2. The van der Waals surface area contributed by atoms with Gasteiger partial charge in [-0.25, -0.2) is 9.97 Å². The predicted molar refractivity (Wildman–Crippen MR) is 100 cm³/mol. The molecule has 0 aliphatic carbocycles. The fourth-order valence-corrected chi connectivity index (χ4v) is 2.58. The number of nitrogens with one attached hydrogen (secondary N) is 1. The Bertz CT molecular complexity index is 975. The molecule has 0 atom stereocenters. The Balaban J connectivity index is 1.56. The van der Waals surface area contributed by atoms with Crippen LogP contribution in [0.4, 0.5) is 13.2 Å². The molecule has 0 bridgehead atoms. The van der Waals surface area contributed by atoms with Crippen LogP contribution in [0.2, 0.25) is 0 Å². The monoisotopic (exact) mass is 401 g/mol. The maximum atomic E-state index is 12.7. The van der Waals surface area contributed by atoms with E-state index < -0.39 is 17.6 Å². The fourth-order valence-electron chi connectivity index (χ4n) is 2.58. The van der Waals surface area contributed by atoms with Gasteiger partial charge in [-0.15, -0.1) is 0 Å². The van der Waals surface area contributed by atoms with Crippen LogP contribution in [0.3, 0.4) is 0 Å². The molecular weight excluding hydrogens is 383 g/mol. The first-order chi connectivity index (χ1) is 13.8. The number of amides is 1. The number of benzene rings is 2. The minimum Gasteiger partial charge on any atom is -0.472 e. The standard InChI is InChI=1S/C21H18F3N3O2/c1-14-9-17(21(22,23)24)8-7-16(14)10-27-20(28)18-11-26-19(12-25-18)29-13-15-5-3-2-4-6-15/h2-9,11-12H,10,13H2,1H3,(H,27,28). The summed E-state index contributed by atoms with van der Waals surface area (Å²) in [5.41, 5.74) is 1.37. The number of halogens is 3. The molecule has 0 unspecified atom stereocenters. The van der Waals surface area contributed by atoms with E-state index in [0.29, 0.717) is 17.7 Å². The molecule has 0 fully saturated rings. The average Bonchev–Trinajstić information content (AvgIpc) is 2.71. The van der Waals surface area contributed by atoms with Crippen molar-refractivity contribution < 1.29 is 22.7 Å². The van der Waals surface area contributed by atoms with Crippen molar-refractivity contribution in [2.45, 2.75) is 26.3 Å². The molecule has 1 heterocycles. The van der Waals surface area contributed by atoms with E-state index in [1.807, 2.05) is 30.3 Å². The summed E-state index contributed by atoms with van der Waals surface area (Å²) in [6.45, 7) is 1.97. The lowest BCUT2D eigenvalue weighted by Gasteiger charge is -2.12. The first kappa shape index (κ1) is 20.3. The van der Waals surface area contributed by atoms with Crippen molar-refractivity contribution in [3.8, 4) is 5.88 Å². The van der Waals surface area contributed by atoms with E-state index >= 15 is 0 Å². The van der Waals surface area contributed by atoms with Gasteiger partial charge in [0.2, 0.25) is 5.88 Å². The molecule has 3 rings (SSSR count). The number of alkyl halides is 3. The van der Waals surface area contributed by atoms with Crippen LogP contribution >= 0.6 is 0 Å². The van der Waals surface area contributed by atoms with E-state index in [1.54, 1.807) is 6.92 Å². The highest BCUT2D eigenvalue weighted by Crippen LogP contribution is 2.30. The number of carbonyl (C=O) groups is 1. The molecule has 2 aromatic carbocycles. The average molecular weight is 401 g/mol. The fraction of sp³-hybridized carbons (Fsp3) is 0.190. The number of aromatic nitrogens is 2. The van der Waals surface area contributed by atoms with E-state index in [2.05, 4.69) is 15.3 Å². The maximum Gasteiger partial charge on any atom is 0.416 e. The smallest absolute Gasteiger partial charge is 0.416 e. The lowest BCUT2D eigenvalue weighted by atomic mass is 10.0.